The number of amides is 1. The van der Waals surface area contributed by atoms with Crippen molar-refractivity contribution in [1.29, 1.82) is 0 Å². The third-order valence-electron chi connectivity index (χ3n) is 3.48. The average Bonchev–Trinajstić information content (AvgIpc) is 2.94. The molecule has 1 aliphatic rings. The summed E-state index contributed by atoms with van der Waals surface area (Å²) >= 11 is 3.51. The first-order chi connectivity index (χ1) is 10.2. The standard InChI is InChI=1S/C16H30BrNO4/c1-6-18(14(19)22-15(2,3)4)12-16(5,11-17)21-10-13-8-7-9-20-13/h13H,6-12H2,1-5H3. The second kappa shape index (κ2) is 8.50. The number of hydrogen-bond donors (Lipinski definition) is 0. The number of rotatable bonds is 7. The summed E-state index contributed by atoms with van der Waals surface area (Å²) in [5, 5.41) is 0.645. The maximum Gasteiger partial charge on any atom is 0.410 e. The zero-order chi connectivity index (χ0) is 16.8. The van der Waals surface area contributed by atoms with Crippen molar-refractivity contribution in [3.05, 3.63) is 0 Å². The van der Waals surface area contributed by atoms with Gasteiger partial charge >= 0.3 is 6.09 Å². The van der Waals surface area contributed by atoms with Crippen LogP contribution in [0, 0.1) is 0 Å². The minimum absolute atomic E-state index is 0.176. The summed E-state index contributed by atoms with van der Waals surface area (Å²) in [6.45, 7) is 12.0. The molecule has 0 aromatic heterocycles. The molecule has 0 saturated carbocycles. The highest BCUT2D eigenvalue weighted by Crippen LogP contribution is 2.21. The normalized spacial score (nSPS) is 21.5. The fraction of sp³-hybridized carbons (Fsp3) is 0.938. The number of carbonyl (C=O) groups excluding carboxylic acids is 1. The van der Waals surface area contributed by atoms with Crippen LogP contribution in [0.4, 0.5) is 4.79 Å². The van der Waals surface area contributed by atoms with Gasteiger partial charge in [-0.15, -0.1) is 0 Å². The first-order valence-corrected chi connectivity index (χ1v) is 9.11. The molecule has 1 saturated heterocycles. The molecule has 2 atom stereocenters. The van der Waals surface area contributed by atoms with E-state index in [4.69, 9.17) is 14.2 Å². The number of nitrogens with zero attached hydrogens (tertiary/aromatic N) is 1. The largest absolute Gasteiger partial charge is 0.444 e. The van der Waals surface area contributed by atoms with Gasteiger partial charge in [0.15, 0.2) is 0 Å². The number of alkyl halides is 1. The highest BCUT2D eigenvalue weighted by atomic mass is 79.9. The van der Waals surface area contributed by atoms with E-state index in [1.807, 2.05) is 34.6 Å². The first kappa shape index (κ1) is 19.7. The molecule has 22 heavy (non-hydrogen) atoms. The van der Waals surface area contributed by atoms with E-state index in [1.54, 1.807) is 4.90 Å². The molecule has 0 radical (unpaired) electrons. The molecule has 0 aromatic carbocycles. The van der Waals surface area contributed by atoms with E-state index in [9.17, 15) is 4.79 Å². The average molecular weight is 380 g/mol. The minimum Gasteiger partial charge on any atom is -0.444 e. The Labute approximate surface area is 142 Å². The molecule has 0 spiro atoms. The number of ether oxygens (including phenoxy) is 3. The van der Waals surface area contributed by atoms with E-state index < -0.39 is 11.2 Å². The predicted octanol–water partition coefficient (Wildman–Crippen LogP) is 3.59. The molecule has 1 amide bonds. The van der Waals surface area contributed by atoms with Gasteiger partial charge < -0.3 is 19.1 Å². The number of likely N-dealkylation sites (N-methyl/N-ethyl adjacent to an activating group) is 1. The monoisotopic (exact) mass is 379 g/mol. The maximum absolute atomic E-state index is 12.3. The Kier molecular flexibility index (Phi) is 7.62. The van der Waals surface area contributed by atoms with E-state index in [2.05, 4.69) is 15.9 Å². The van der Waals surface area contributed by atoms with Gasteiger partial charge in [0.2, 0.25) is 0 Å². The fourth-order valence-electron chi connectivity index (χ4n) is 2.23. The SMILES string of the molecule is CCN(CC(C)(CBr)OCC1CCCO1)C(=O)OC(C)(C)C. The Morgan fingerprint density at radius 3 is 2.50 bits per heavy atom. The van der Waals surface area contributed by atoms with E-state index in [0.717, 1.165) is 19.4 Å². The molecular formula is C16H30BrNO4. The highest BCUT2D eigenvalue weighted by molar-refractivity contribution is 9.09. The smallest absolute Gasteiger partial charge is 0.410 e. The van der Waals surface area contributed by atoms with Crippen LogP contribution < -0.4 is 0 Å². The van der Waals surface area contributed by atoms with Gasteiger partial charge in [0.25, 0.3) is 0 Å². The lowest BCUT2D eigenvalue weighted by atomic mass is 10.1. The first-order valence-electron chi connectivity index (χ1n) is 7.98. The summed E-state index contributed by atoms with van der Waals surface area (Å²) in [5.41, 5.74) is -0.952. The van der Waals surface area contributed by atoms with Gasteiger partial charge in [0.05, 0.1) is 24.9 Å². The van der Waals surface area contributed by atoms with Crippen LogP contribution >= 0.6 is 15.9 Å². The summed E-state index contributed by atoms with van der Waals surface area (Å²) in [6, 6.07) is 0. The second-order valence-electron chi connectivity index (χ2n) is 7.02. The Bertz CT molecular complexity index is 353. The molecule has 1 heterocycles. The van der Waals surface area contributed by atoms with Crippen molar-refractivity contribution in [1.82, 2.24) is 4.90 Å². The fourth-order valence-corrected chi connectivity index (χ4v) is 2.57. The number of carbonyl (C=O) groups is 1. The van der Waals surface area contributed by atoms with E-state index >= 15 is 0 Å². The quantitative estimate of drug-likeness (QED) is 0.634. The van der Waals surface area contributed by atoms with E-state index in [1.165, 1.54) is 0 Å². The Balaban J connectivity index is 2.57. The van der Waals surface area contributed by atoms with Crippen molar-refractivity contribution in [3.8, 4) is 0 Å². The second-order valence-corrected chi connectivity index (χ2v) is 7.58. The summed E-state index contributed by atoms with van der Waals surface area (Å²) in [4.78, 5) is 13.9. The number of halogens is 1. The van der Waals surface area contributed by atoms with Crippen molar-refractivity contribution in [3.63, 3.8) is 0 Å². The molecule has 5 nitrogen and oxygen atoms in total. The van der Waals surface area contributed by atoms with Crippen LogP contribution in [0.2, 0.25) is 0 Å². The van der Waals surface area contributed by atoms with Crippen molar-refractivity contribution in [2.75, 3.05) is 31.6 Å². The Morgan fingerprint density at radius 1 is 1.36 bits per heavy atom. The van der Waals surface area contributed by atoms with Crippen LogP contribution in [0.3, 0.4) is 0 Å². The zero-order valence-corrected chi connectivity index (χ0v) is 16.1. The summed E-state index contributed by atoms with van der Waals surface area (Å²) in [5.74, 6) is 0. The lowest BCUT2D eigenvalue weighted by molar-refractivity contribution is -0.0759. The third-order valence-corrected chi connectivity index (χ3v) is 4.67. The lowest BCUT2D eigenvalue weighted by Crippen LogP contribution is -2.48. The molecule has 2 unspecified atom stereocenters. The van der Waals surface area contributed by atoms with Crippen LogP contribution in [-0.2, 0) is 14.2 Å². The van der Waals surface area contributed by atoms with Gasteiger partial charge in [0, 0.05) is 18.5 Å². The molecule has 130 valence electrons. The molecule has 0 aliphatic carbocycles. The van der Waals surface area contributed by atoms with Gasteiger partial charge in [-0.2, -0.15) is 0 Å². The maximum atomic E-state index is 12.3. The van der Waals surface area contributed by atoms with Crippen LogP contribution in [-0.4, -0.2) is 59.9 Å². The van der Waals surface area contributed by atoms with Crippen LogP contribution in [0.1, 0.15) is 47.5 Å². The van der Waals surface area contributed by atoms with Gasteiger partial charge in [0.1, 0.15) is 5.60 Å². The van der Waals surface area contributed by atoms with Crippen molar-refractivity contribution >= 4 is 22.0 Å². The highest BCUT2D eigenvalue weighted by Gasteiger charge is 2.32. The van der Waals surface area contributed by atoms with Crippen LogP contribution in [0.5, 0.6) is 0 Å². The molecule has 0 bridgehead atoms. The summed E-state index contributed by atoms with van der Waals surface area (Å²) in [7, 11) is 0. The summed E-state index contributed by atoms with van der Waals surface area (Å²) in [6.07, 6.45) is 2.01. The van der Waals surface area contributed by atoms with Crippen molar-refractivity contribution in [2.45, 2.75) is 64.8 Å². The summed E-state index contributed by atoms with van der Waals surface area (Å²) < 4.78 is 17.1. The van der Waals surface area contributed by atoms with Gasteiger partial charge in [-0.1, -0.05) is 15.9 Å². The topological polar surface area (TPSA) is 48.0 Å². The molecule has 6 heteroatoms. The molecular weight excluding hydrogens is 350 g/mol. The van der Waals surface area contributed by atoms with Crippen molar-refractivity contribution < 1.29 is 19.0 Å². The lowest BCUT2D eigenvalue weighted by Gasteiger charge is -2.35. The van der Waals surface area contributed by atoms with E-state index in [-0.39, 0.29) is 12.2 Å². The van der Waals surface area contributed by atoms with Crippen molar-refractivity contribution in [2.24, 2.45) is 0 Å². The van der Waals surface area contributed by atoms with Gasteiger partial charge in [-0.3, -0.25) is 0 Å². The zero-order valence-electron chi connectivity index (χ0n) is 14.5. The Hall–Kier alpha value is -0.330. The van der Waals surface area contributed by atoms with Crippen LogP contribution in [0.25, 0.3) is 0 Å². The molecule has 1 rings (SSSR count). The van der Waals surface area contributed by atoms with Gasteiger partial charge in [-0.25, -0.2) is 4.79 Å². The minimum atomic E-state index is -0.492. The molecule has 0 N–H and O–H groups in total. The molecule has 1 fully saturated rings. The third kappa shape index (κ3) is 6.84. The Morgan fingerprint density at radius 2 is 2.05 bits per heavy atom. The van der Waals surface area contributed by atoms with Gasteiger partial charge in [-0.05, 0) is 47.5 Å². The van der Waals surface area contributed by atoms with Crippen LogP contribution in [0.15, 0.2) is 0 Å². The molecule has 0 aromatic rings. The van der Waals surface area contributed by atoms with E-state index in [0.29, 0.717) is 25.0 Å². The molecule has 1 aliphatic heterocycles. The predicted molar refractivity (Wildman–Crippen MR) is 90.6 cm³/mol. The number of hydrogen-bond acceptors (Lipinski definition) is 4.